The highest BCUT2D eigenvalue weighted by Gasteiger charge is 2.42. The Morgan fingerprint density at radius 3 is 2.44 bits per heavy atom. The van der Waals surface area contributed by atoms with Gasteiger partial charge in [0.2, 0.25) is 0 Å². The van der Waals surface area contributed by atoms with Crippen LogP contribution < -0.4 is 10.1 Å². The summed E-state index contributed by atoms with van der Waals surface area (Å²) in [6.45, 7) is 7.34. The van der Waals surface area contributed by atoms with Gasteiger partial charge in [-0.3, -0.25) is 0 Å². The highest BCUT2D eigenvalue weighted by atomic mass is 16.5. The van der Waals surface area contributed by atoms with Crippen LogP contribution in [-0.4, -0.2) is 12.6 Å². The molecule has 0 saturated heterocycles. The van der Waals surface area contributed by atoms with E-state index in [0.717, 1.165) is 12.4 Å². The molecule has 1 aromatic rings. The van der Waals surface area contributed by atoms with Crippen LogP contribution in [0.25, 0.3) is 0 Å². The molecular formula is C14H21NO. The molecule has 1 aromatic carbocycles. The van der Waals surface area contributed by atoms with Crippen LogP contribution in [0.3, 0.4) is 0 Å². The first-order valence-electron chi connectivity index (χ1n) is 6.13. The Balaban J connectivity index is 1.94. The van der Waals surface area contributed by atoms with Gasteiger partial charge in [-0.25, -0.2) is 0 Å². The fraction of sp³-hybridized carbons (Fsp3) is 0.571. The second-order valence-electron chi connectivity index (χ2n) is 4.98. The third-order valence-electron chi connectivity index (χ3n) is 3.63. The standard InChI is InChI=1S/C14H21NO/c1-4-16-13-7-5-12(6-8-13)15-11(2)14(3)9-10-14/h5-8,11,15H,4,9-10H2,1-3H3. The molecule has 2 heteroatoms. The van der Waals surface area contributed by atoms with Gasteiger partial charge >= 0.3 is 0 Å². The second kappa shape index (κ2) is 4.36. The van der Waals surface area contributed by atoms with Crippen LogP contribution in [0.15, 0.2) is 24.3 Å². The zero-order valence-electron chi connectivity index (χ0n) is 10.4. The van der Waals surface area contributed by atoms with Gasteiger partial charge in [-0.15, -0.1) is 0 Å². The van der Waals surface area contributed by atoms with E-state index in [4.69, 9.17) is 4.74 Å². The maximum Gasteiger partial charge on any atom is 0.119 e. The van der Waals surface area contributed by atoms with Crippen LogP contribution in [0, 0.1) is 5.41 Å². The largest absolute Gasteiger partial charge is 0.494 e. The molecule has 1 unspecified atom stereocenters. The average molecular weight is 219 g/mol. The number of hydrogen-bond donors (Lipinski definition) is 1. The molecule has 2 rings (SSSR count). The summed E-state index contributed by atoms with van der Waals surface area (Å²) in [4.78, 5) is 0. The lowest BCUT2D eigenvalue weighted by Crippen LogP contribution is -2.24. The molecule has 0 radical (unpaired) electrons. The van der Waals surface area contributed by atoms with Crippen molar-refractivity contribution in [2.45, 2.75) is 39.7 Å². The molecule has 0 aliphatic heterocycles. The first-order chi connectivity index (χ1) is 7.64. The van der Waals surface area contributed by atoms with E-state index in [1.54, 1.807) is 0 Å². The van der Waals surface area contributed by atoms with Crippen LogP contribution in [0.5, 0.6) is 5.75 Å². The summed E-state index contributed by atoms with van der Waals surface area (Å²) in [5, 5.41) is 3.56. The van der Waals surface area contributed by atoms with E-state index in [1.165, 1.54) is 18.5 Å². The number of benzene rings is 1. The number of ether oxygens (including phenoxy) is 1. The van der Waals surface area contributed by atoms with Gasteiger partial charge in [-0.2, -0.15) is 0 Å². The maximum atomic E-state index is 5.42. The molecule has 1 fully saturated rings. The minimum absolute atomic E-state index is 0.512. The quantitative estimate of drug-likeness (QED) is 0.815. The normalized spacial score (nSPS) is 18.9. The van der Waals surface area contributed by atoms with E-state index in [9.17, 15) is 0 Å². The van der Waals surface area contributed by atoms with Crippen LogP contribution in [-0.2, 0) is 0 Å². The van der Waals surface area contributed by atoms with Crippen LogP contribution in [0.2, 0.25) is 0 Å². The molecule has 1 atom stereocenters. The Hall–Kier alpha value is -1.18. The Labute approximate surface area is 98.0 Å². The van der Waals surface area contributed by atoms with E-state index in [1.807, 2.05) is 19.1 Å². The van der Waals surface area contributed by atoms with Crippen molar-refractivity contribution >= 4 is 5.69 Å². The van der Waals surface area contributed by atoms with E-state index in [-0.39, 0.29) is 0 Å². The minimum atomic E-state index is 0.512. The Morgan fingerprint density at radius 1 is 1.31 bits per heavy atom. The summed E-state index contributed by atoms with van der Waals surface area (Å²) in [7, 11) is 0. The van der Waals surface area contributed by atoms with Crippen molar-refractivity contribution in [2.24, 2.45) is 5.41 Å². The lowest BCUT2D eigenvalue weighted by Gasteiger charge is -2.21. The first-order valence-corrected chi connectivity index (χ1v) is 6.13. The molecule has 1 N–H and O–H groups in total. The molecule has 0 heterocycles. The fourth-order valence-corrected chi connectivity index (χ4v) is 1.87. The van der Waals surface area contributed by atoms with Crippen LogP contribution in [0.4, 0.5) is 5.69 Å². The average Bonchev–Trinajstić information content (AvgIpc) is 3.01. The molecule has 0 bridgehead atoms. The first kappa shape index (κ1) is 11.3. The molecule has 1 aliphatic rings. The number of hydrogen-bond acceptors (Lipinski definition) is 2. The molecule has 88 valence electrons. The minimum Gasteiger partial charge on any atom is -0.494 e. The third kappa shape index (κ3) is 2.49. The highest BCUT2D eigenvalue weighted by molar-refractivity contribution is 5.47. The predicted octanol–water partition coefficient (Wildman–Crippen LogP) is 3.69. The van der Waals surface area contributed by atoms with Crippen molar-refractivity contribution < 1.29 is 4.74 Å². The van der Waals surface area contributed by atoms with Gasteiger partial charge in [0.1, 0.15) is 5.75 Å². The van der Waals surface area contributed by atoms with Crippen LogP contribution >= 0.6 is 0 Å². The zero-order valence-corrected chi connectivity index (χ0v) is 10.4. The number of nitrogens with one attached hydrogen (secondary N) is 1. The summed E-state index contributed by atoms with van der Waals surface area (Å²) < 4.78 is 5.42. The molecule has 0 amide bonds. The maximum absolute atomic E-state index is 5.42. The van der Waals surface area contributed by atoms with Gasteiger partial charge in [-0.05, 0) is 56.4 Å². The molecule has 0 aromatic heterocycles. The van der Waals surface area contributed by atoms with Gasteiger partial charge in [-0.1, -0.05) is 6.92 Å². The summed E-state index contributed by atoms with van der Waals surface area (Å²) >= 11 is 0. The molecule has 16 heavy (non-hydrogen) atoms. The second-order valence-corrected chi connectivity index (χ2v) is 4.98. The highest BCUT2D eigenvalue weighted by Crippen LogP contribution is 2.48. The molecule has 0 spiro atoms. The molecular weight excluding hydrogens is 198 g/mol. The van der Waals surface area contributed by atoms with Gasteiger partial charge in [0, 0.05) is 11.7 Å². The lowest BCUT2D eigenvalue weighted by atomic mass is 10.0. The lowest BCUT2D eigenvalue weighted by molar-refractivity contribution is 0.340. The zero-order chi connectivity index (χ0) is 11.6. The Morgan fingerprint density at radius 2 is 1.94 bits per heavy atom. The summed E-state index contributed by atoms with van der Waals surface area (Å²) in [6, 6.07) is 8.77. The smallest absolute Gasteiger partial charge is 0.119 e. The summed E-state index contributed by atoms with van der Waals surface area (Å²) in [5.74, 6) is 0.943. The molecule has 1 aliphatic carbocycles. The molecule has 1 saturated carbocycles. The topological polar surface area (TPSA) is 21.3 Å². The Bertz CT molecular complexity index is 340. The van der Waals surface area contributed by atoms with Crippen LogP contribution in [0.1, 0.15) is 33.6 Å². The van der Waals surface area contributed by atoms with E-state index < -0.39 is 0 Å². The van der Waals surface area contributed by atoms with Crippen molar-refractivity contribution in [1.29, 1.82) is 0 Å². The van der Waals surface area contributed by atoms with Crippen molar-refractivity contribution in [1.82, 2.24) is 0 Å². The fourth-order valence-electron chi connectivity index (χ4n) is 1.87. The summed E-state index contributed by atoms with van der Waals surface area (Å²) in [6.07, 6.45) is 2.69. The molecule has 2 nitrogen and oxygen atoms in total. The van der Waals surface area contributed by atoms with Crippen molar-refractivity contribution in [3.8, 4) is 5.75 Å². The SMILES string of the molecule is CCOc1ccc(NC(C)C2(C)CC2)cc1. The van der Waals surface area contributed by atoms with Crippen molar-refractivity contribution in [3.63, 3.8) is 0 Å². The van der Waals surface area contributed by atoms with E-state index in [0.29, 0.717) is 11.5 Å². The summed E-state index contributed by atoms with van der Waals surface area (Å²) in [5.41, 5.74) is 1.70. The predicted molar refractivity (Wildman–Crippen MR) is 68.0 cm³/mol. The number of rotatable bonds is 5. The van der Waals surface area contributed by atoms with Gasteiger partial charge in [0.05, 0.1) is 6.61 Å². The van der Waals surface area contributed by atoms with Gasteiger partial charge in [0.15, 0.2) is 0 Å². The van der Waals surface area contributed by atoms with Crippen molar-refractivity contribution in [3.05, 3.63) is 24.3 Å². The van der Waals surface area contributed by atoms with E-state index >= 15 is 0 Å². The van der Waals surface area contributed by atoms with Gasteiger partial charge < -0.3 is 10.1 Å². The monoisotopic (exact) mass is 219 g/mol. The van der Waals surface area contributed by atoms with Crippen molar-refractivity contribution in [2.75, 3.05) is 11.9 Å². The van der Waals surface area contributed by atoms with E-state index in [2.05, 4.69) is 31.3 Å². The number of anilines is 1. The van der Waals surface area contributed by atoms with Gasteiger partial charge in [0.25, 0.3) is 0 Å². The third-order valence-corrected chi connectivity index (χ3v) is 3.63. The Kier molecular flexibility index (Phi) is 3.08.